The van der Waals surface area contributed by atoms with Gasteiger partial charge in [0.15, 0.2) is 0 Å². The minimum Gasteiger partial charge on any atom is -0.345 e. The van der Waals surface area contributed by atoms with Gasteiger partial charge >= 0.3 is 0 Å². The Morgan fingerprint density at radius 1 is 1.31 bits per heavy atom. The summed E-state index contributed by atoms with van der Waals surface area (Å²) in [6.07, 6.45) is 0. The smallest absolute Gasteiger partial charge is 0.242 e. The zero-order valence-electron chi connectivity index (χ0n) is 9.14. The Morgan fingerprint density at radius 2 is 2.00 bits per heavy atom. The fourth-order valence-corrected chi connectivity index (χ4v) is 1.77. The van der Waals surface area contributed by atoms with Crippen molar-refractivity contribution in [3.63, 3.8) is 0 Å². The van der Waals surface area contributed by atoms with Crippen molar-refractivity contribution in [3.05, 3.63) is 35.9 Å². The number of carbonyl (C=O) groups excluding carboxylic acids is 2. The lowest BCUT2D eigenvalue weighted by Crippen LogP contribution is -2.56. The molecule has 1 heterocycles. The van der Waals surface area contributed by atoms with Crippen molar-refractivity contribution in [1.29, 1.82) is 0 Å². The molecule has 4 heteroatoms. The van der Waals surface area contributed by atoms with Gasteiger partial charge in [-0.1, -0.05) is 30.3 Å². The molecule has 0 aliphatic carbocycles. The third kappa shape index (κ3) is 2.05. The summed E-state index contributed by atoms with van der Waals surface area (Å²) in [7, 11) is 0. The average Bonchev–Trinajstić information content (AvgIpc) is 2.31. The van der Waals surface area contributed by atoms with Crippen LogP contribution in [0.1, 0.15) is 12.5 Å². The first-order valence-electron chi connectivity index (χ1n) is 5.29. The van der Waals surface area contributed by atoms with Crippen LogP contribution in [0.3, 0.4) is 0 Å². The second kappa shape index (κ2) is 4.35. The third-order valence-electron chi connectivity index (χ3n) is 2.78. The van der Waals surface area contributed by atoms with E-state index < -0.39 is 0 Å². The molecular weight excluding hydrogens is 204 g/mol. The van der Waals surface area contributed by atoms with Crippen molar-refractivity contribution in [1.82, 2.24) is 10.2 Å². The number of nitrogens with zero attached hydrogens (tertiary/aromatic N) is 1. The Balaban J connectivity index is 2.13. The Kier molecular flexibility index (Phi) is 2.90. The summed E-state index contributed by atoms with van der Waals surface area (Å²) in [6.45, 7) is 2.35. The lowest BCUT2D eigenvalue weighted by Gasteiger charge is -2.32. The van der Waals surface area contributed by atoms with Crippen molar-refractivity contribution in [2.75, 3.05) is 6.54 Å². The number of nitrogens with one attached hydrogen (secondary N) is 1. The molecule has 1 N–H and O–H groups in total. The average molecular weight is 218 g/mol. The number of piperazine rings is 1. The molecule has 1 atom stereocenters. The molecule has 2 rings (SSSR count). The van der Waals surface area contributed by atoms with Gasteiger partial charge in [0.2, 0.25) is 11.8 Å². The van der Waals surface area contributed by atoms with E-state index in [9.17, 15) is 9.59 Å². The lowest BCUT2D eigenvalue weighted by molar-refractivity contribution is -0.145. The fraction of sp³-hybridized carbons (Fsp3) is 0.333. The molecule has 0 aromatic heterocycles. The van der Waals surface area contributed by atoms with Crippen LogP contribution in [0.25, 0.3) is 0 Å². The predicted molar refractivity (Wildman–Crippen MR) is 59.5 cm³/mol. The topological polar surface area (TPSA) is 49.4 Å². The second-order valence-corrected chi connectivity index (χ2v) is 3.90. The summed E-state index contributed by atoms with van der Waals surface area (Å²) in [6, 6.07) is 9.29. The number of carbonyl (C=O) groups is 2. The van der Waals surface area contributed by atoms with E-state index in [4.69, 9.17) is 0 Å². The van der Waals surface area contributed by atoms with Gasteiger partial charge in [0, 0.05) is 6.54 Å². The molecule has 1 saturated heterocycles. The van der Waals surface area contributed by atoms with Gasteiger partial charge in [-0.15, -0.1) is 0 Å². The first-order valence-corrected chi connectivity index (χ1v) is 5.29. The summed E-state index contributed by atoms with van der Waals surface area (Å²) in [5.74, 6) is -0.119. The highest BCUT2D eigenvalue weighted by Crippen LogP contribution is 2.11. The highest BCUT2D eigenvalue weighted by atomic mass is 16.2. The molecule has 0 radical (unpaired) electrons. The fourth-order valence-electron chi connectivity index (χ4n) is 1.77. The van der Waals surface area contributed by atoms with Crippen LogP contribution in [-0.2, 0) is 16.1 Å². The van der Waals surface area contributed by atoms with E-state index in [0.29, 0.717) is 6.54 Å². The van der Waals surface area contributed by atoms with Crippen molar-refractivity contribution in [2.45, 2.75) is 19.5 Å². The SMILES string of the molecule is C[C@H]1C(=O)NCC(=O)N1Cc1ccccc1. The highest BCUT2D eigenvalue weighted by molar-refractivity contribution is 5.94. The molecule has 4 nitrogen and oxygen atoms in total. The first-order chi connectivity index (χ1) is 7.68. The number of hydrogen-bond acceptors (Lipinski definition) is 2. The van der Waals surface area contributed by atoms with Gasteiger partial charge < -0.3 is 10.2 Å². The summed E-state index contributed by atoms with van der Waals surface area (Å²) in [4.78, 5) is 24.7. The molecule has 2 amide bonds. The maximum absolute atomic E-state index is 11.7. The molecule has 1 aliphatic heterocycles. The largest absolute Gasteiger partial charge is 0.345 e. The number of hydrogen-bond donors (Lipinski definition) is 1. The quantitative estimate of drug-likeness (QED) is 0.787. The zero-order valence-corrected chi connectivity index (χ0v) is 9.14. The van der Waals surface area contributed by atoms with Gasteiger partial charge in [0.1, 0.15) is 6.04 Å². The summed E-state index contributed by atoms with van der Waals surface area (Å²) in [5, 5.41) is 2.57. The van der Waals surface area contributed by atoms with E-state index in [2.05, 4.69) is 5.32 Å². The summed E-state index contributed by atoms with van der Waals surface area (Å²) < 4.78 is 0. The summed E-state index contributed by atoms with van der Waals surface area (Å²) >= 11 is 0. The second-order valence-electron chi connectivity index (χ2n) is 3.90. The van der Waals surface area contributed by atoms with Crippen LogP contribution in [0.5, 0.6) is 0 Å². The Bertz CT molecular complexity index is 403. The Morgan fingerprint density at radius 3 is 2.69 bits per heavy atom. The minimum atomic E-state index is -0.388. The van der Waals surface area contributed by atoms with E-state index in [1.54, 1.807) is 11.8 Å². The predicted octanol–water partition coefficient (Wildman–Crippen LogP) is 0.533. The summed E-state index contributed by atoms with van der Waals surface area (Å²) in [5.41, 5.74) is 1.04. The molecule has 1 fully saturated rings. The van der Waals surface area contributed by atoms with E-state index in [1.807, 2.05) is 30.3 Å². The van der Waals surface area contributed by atoms with Crippen molar-refractivity contribution >= 4 is 11.8 Å². The first kappa shape index (κ1) is 10.7. The molecular formula is C12H14N2O2. The lowest BCUT2D eigenvalue weighted by atomic mass is 10.1. The van der Waals surface area contributed by atoms with Crippen LogP contribution >= 0.6 is 0 Å². The highest BCUT2D eigenvalue weighted by Gasteiger charge is 2.30. The van der Waals surface area contributed by atoms with E-state index >= 15 is 0 Å². The number of rotatable bonds is 2. The molecule has 1 aliphatic rings. The van der Waals surface area contributed by atoms with Gasteiger partial charge in [-0.3, -0.25) is 9.59 Å². The van der Waals surface area contributed by atoms with Gasteiger partial charge in [-0.2, -0.15) is 0 Å². The van der Waals surface area contributed by atoms with Crippen LogP contribution in [0.15, 0.2) is 30.3 Å². The van der Waals surface area contributed by atoms with Gasteiger partial charge in [0.25, 0.3) is 0 Å². The molecule has 16 heavy (non-hydrogen) atoms. The van der Waals surface area contributed by atoms with Crippen LogP contribution in [0.2, 0.25) is 0 Å². The van der Waals surface area contributed by atoms with E-state index in [-0.39, 0.29) is 24.4 Å². The van der Waals surface area contributed by atoms with Crippen LogP contribution < -0.4 is 5.32 Å². The molecule has 0 bridgehead atoms. The van der Waals surface area contributed by atoms with E-state index in [0.717, 1.165) is 5.56 Å². The minimum absolute atomic E-state index is 0.0315. The van der Waals surface area contributed by atoms with Crippen LogP contribution in [0, 0.1) is 0 Å². The maximum Gasteiger partial charge on any atom is 0.242 e. The van der Waals surface area contributed by atoms with E-state index in [1.165, 1.54) is 0 Å². The number of benzene rings is 1. The standard InChI is InChI=1S/C12H14N2O2/c1-9-12(16)13-7-11(15)14(9)8-10-5-3-2-4-6-10/h2-6,9H,7-8H2,1H3,(H,13,16)/t9-/m0/s1. The third-order valence-corrected chi connectivity index (χ3v) is 2.78. The molecule has 1 aromatic rings. The molecule has 0 saturated carbocycles. The maximum atomic E-state index is 11.7. The molecule has 84 valence electrons. The van der Waals surface area contributed by atoms with Crippen molar-refractivity contribution in [3.8, 4) is 0 Å². The monoisotopic (exact) mass is 218 g/mol. The van der Waals surface area contributed by atoms with Crippen molar-refractivity contribution < 1.29 is 9.59 Å². The number of amides is 2. The normalized spacial score (nSPS) is 20.8. The Labute approximate surface area is 94.2 Å². The Hall–Kier alpha value is -1.84. The molecule has 1 aromatic carbocycles. The van der Waals surface area contributed by atoms with Crippen molar-refractivity contribution in [2.24, 2.45) is 0 Å². The van der Waals surface area contributed by atoms with Crippen LogP contribution in [0.4, 0.5) is 0 Å². The molecule has 0 unspecified atom stereocenters. The van der Waals surface area contributed by atoms with Gasteiger partial charge in [-0.05, 0) is 12.5 Å². The zero-order chi connectivity index (χ0) is 11.5. The molecule has 0 spiro atoms. The van der Waals surface area contributed by atoms with Crippen LogP contribution in [-0.4, -0.2) is 29.3 Å². The van der Waals surface area contributed by atoms with Gasteiger partial charge in [-0.25, -0.2) is 0 Å². The van der Waals surface area contributed by atoms with Gasteiger partial charge in [0.05, 0.1) is 6.54 Å².